The quantitative estimate of drug-likeness (QED) is 0.632. The first-order chi connectivity index (χ1) is 6.45. The van der Waals surface area contributed by atoms with E-state index in [9.17, 15) is 9.59 Å². The molecule has 4 N–H and O–H groups in total. The fourth-order valence-electron chi connectivity index (χ4n) is 0.368. The van der Waals surface area contributed by atoms with E-state index >= 15 is 0 Å². The molecule has 5 nitrogen and oxygen atoms in total. The van der Waals surface area contributed by atoms with Crippen LogP contribution in [0.2, 0.25) is 0 Å². The summed E-state index contributed by atoms with van der Waals surface area (Å²) in [6, 6.07) is -0.683. The number of rotatable bonds is 5. The van der Waals surface area contributed by atoms with Gasteiger partial charge in [0.1, 0.15) is 6.04 Å². The molecule has 1 unspecified atom stereocenters. The van der Waals surface area contributed by atoms with Gasteiger partial charge in [0.2, 0.25) is 0 Å². The van der Waals surface area contributed by atoms with Crippen molar-refractivity contribution in [2.24, 2.45) is 5.73 Å². The largest absolute Gasteiger partial charge is 0.481 e. The first kappa shape index (κ1) is 15.7. The van der Waals surface area contributed by atoms with E-state index in [0.717, 1.165) is 5.75 Å². The van der Waals surface area contributed by atoms with E-state index in [2.05, 4.69) is 0 Å². The second-order valence-electron chi connectivity index (χ2n) is 2.47. The lowest BCUT2D eigenvalue weighted by Gasteiger charge is -2.02. The van der Waals surface area contributed by atoms with Crippen molar-refractivity contribution in [3.8, 4) is 0 Å². The number of hydrogen-bond acceptors (Lipinski definition) is 4. The number of nitrogens with two attached hydrogens (primary N) is 1. The van der Waals surface area contributed by atoms with Gasteiger partial charge in [0.05, 0.1) is 0 Å². The van der Waals surface area contributed by atoms with Gasteiger partial charge in [-0.2, -0.15) is 11.8 Å². The van der Waals surface area contributed by atoms with Crippen LogP contribution in [0.1, 0.15) is 19.8 Å². The minimum Gasteiger partial charge on any atom is -0.481 e. The van der Waals surface area contributed by atoms with Crippen LogP contribution in [-0.2, 0) is 9.59 Å². The monoisotopic (exact) mass is 223 g/mol. The maximum absolute atomic E-state index is 10.1. The minimum absolute atomic E-state index is 0.222. The lowest BCUT2D eigenvalue weighted by molar-refractivity contribution is -0.138. The summed E-state index contributed by atoms with van der Waals surface area (Å²) in [5.41, 5.74) is 5.19. The average molecular weight is 223 g/mol. The Hall–Kier alpha value is -0.750. The second kappa shape index (κ2) is 10.3. The van der Waals surface area contributed by atoms with Gasteiger partial charge in [-0.15, -0.1) is 0 Å². The fraction of sp³-hybridized carbons (Fsp3) is 0.750. The molecule has 0 saturated heterocycles. The first-order valence-corrected chi connectivity index (χ1v) is 5.54. The highest BCUT2D eigenvalue weighted by atomic mass is 32.2. The molecule has 0 aliphatic heterocycles. The van der Waals surface area contributed by atoms with Crippen LogP contribution >= 0.6 is 11.8 Å². The lowest BCUT2D eigenvalue weighted by Crippen LogP contribution is -2.30. The Bertz CT molecular complexity index is 175. The summed E-state index contributed by atoms with van der Waals surface area (Å²) in [5, 5.41) is 16.0. The predicted molar refractivity (Wildman–Crippen MR) is 56.5 cm³/mol. The van der Waals surface area contributed by atoms with Crippen molar-refractivity contribution >= 4 is 23.7 Å². The molecular weight excluding hydrogens is 206 g/mol. The zero-order valence-corrected chi connectivity index (χ0v) is 9.21. The molecule has 0 bridgehead atoms. The Balaban J connectivity index is 0. The summed E-state index contributed by atoms with van der Waals surface area (Å²) >= 11 is 1.60. The van der Waals surface area contributed by atoms with E-state index in [0.29, 0.717) is 6.42 Å². The van der Waals surface area contributed by atoms with E-state index in [1.165, 1.54) is 0 Å². The van der Waals surface area contributed by atoms with Gasteiger partial charge in [0.15, 0.2) is 0 Å². The smallest absolute Gasteiger partial charge is 0.320 e. The van der Waals surface area contributed by atoms with E-state index in [-0.39, 0.29) is 6.42 Å². The van der Waals surface area contributed by atoms with Crippen LogP contribution in [-0.4, -0.2) is 40.2 Å². The molecule has 1 atom stereocenters. The predicted octanol–water partition coefficient (Wildman–Crippen LogP) is 0.632. The highest BCUT2D eigenvalue weighted by molar-refractivity contribution is 7.98. The van der Waals surface area contributed by atoms with Gasteiger partial charge >= 0.3 is 11.9 Å². The fourth-order valence-corrected chi connectivity index (χ4v) is 0.858. The summed E-state index contributed by atoms with van der Waals surface area (Å²) < 4.78 is 0. The van der Waals surface area contributed by atoms with E-state index in [1.807, 2.05) is 6.26 Å². The number of carboxylic acid groups (broad SMARTS) is 2. The lowest BCUT2D eigenvalue weighted by atomic mass is 10.2. The average Bonchev–Trinajstić information content (AvgIpc) is 2.14. The molecule has 0 aliphatic carbocycles. The maximum atomic E-state index is 10.1. The zero-order valence-electron chi connectivity index (χ0n) is 8.40. The molecule has 0 spiro atoms. The van der Waals surface area contributed by atoms with E-state index in [1.54, 1.807) is 18.7 Å². The van der Waals surface area contributed by atoms with Gasteiger partial charge in [-0.3, -0.25) is 9.59 Å². The third-order valence-electron chi connectivity index (χ3n) is 1.25. The summed E-state index contributed by atoms with van der Waals surface area (Å²) in [6.07, 6.45) is 2.70. The third-order valence-corrected chi connectivity index (χ3v) is 1.90. The molecule has 84 valence electrons. The van der Waals surface area contributed by atoms with Crippen molar-refractivity contribution < 1.29 is 19.8 Å². The molecule has 0 aromatic heterocycles. The number of aliphatic carboxylic acids is 2. The number of carboxylic acids is 2. The van der Waals surface area contributed by atoms with Crippen LogP contribution in [0.3, 0.4) is 0 Å². The Morgan fingerprint density at radius 3 is 2.07 bits per heavy atom. The van der Waals surface area contributed by atoms with Gasteiger partial charge in [0.25, 0.3) is 0 Å². The van der Waals surface area contributed by atoms with Crippen LogP contribution in [0, 0.1) is 0 Å². The highest BCUT2D eigenvalue weighted by Crippen LogP contribution is 1.97. The first-order valence-electron chi connectivity index (χ1n) is 4.14. The molecule has 0 aromatic carbocycles. The van der Waals surface area contributed by atoms with Crippen molar-refractivity contribution in [2.75, 3.05) is 12.0 Å². The van der Waals surface area contributed by atoms with Gasteiger partial charge in [-0.1, -0.05) is 6.92 Å². The maximum Gasteiger partial charge on any atom is 0.320 e. The normalized spacial score (nSPS) is 11.1. The van der Waals surface area contributed by atoms with Crippen molar-refractivity contribution in [2.45, 2.75) is 25.8 Å². The second-order valence-corrected chi connectivity index (χ2v) is 3.46. The third kappa shape index (κ3) is 13.8. The molecule has 0 saturated carbocycles. The van der Waals surface area contributed by atoms with Gasteiger partial charge in [-0.05, 0) is 18.4 Å². The summed E-state index contributed by atoms with van der Waals surface area (Å²) in [6.45, 7) is 1.60. The van der Waals surface area contributed by atoms with Gasteiger partial charge in [0, 0.05) is 6.42 Å². The minimum atomic E-state index is -0.913. The van der Waals surface area contributed by atoms with Crippen molar-refractivity contribution in [3.05, 3.63) is 0 Å². The van der Waals surface area contributed by atoms with Crippen LogP contribution in [0.5, 0.6) is 0 Å². The zero-order chi connectivity index (χ0) is 11.6. The highest BCUT2D eigenvalue weighted by Gasteiger charge is 2.08. The Morgan fingerprint density at radius 1 is 1.43 bits per heavy atom. The Morgan fingerprint density at radius 2 is 1.86 bits per heavy atom. The standard InChI is InChI=1S/C5H11NO2S.C3H6O2/c1-9-3-2-4(6)5(7)8;1-2-3(4)5/h4H,2-3,6H2,1H3,(H,7,8);2H2,1H3,(H,4,5). The molecule has 0 amide bonds. The Kier molecular flexibility index (Phi) is 11.6. The topological polar surface area (TPSA) is 101 Å². The molecule has 0 radical (unpaired) electrons. The van der Waals surface area contributed by atoms with Crippen LogP contribution < -0.4 is 5.73 Å². The summed E-state index contributed by atoms with van der Waals surface area (Å²) in [4.78, 5) is 19.4. The molecule has 14 heavy (non-hydrogen) atoms. The van der Waals surface area contributed by atoms with Crippen LogP contribution in [0.15, 0.2) is 0 Å². The van der Waals surface area contributed by atoms with Gasteiger partial charge in [-0.25, -0.2) is 0 Å². The molecule has 0 heterocycles. The summed E-state index contributed by atoms with van der Waals surface area (Å²) in [7, 11) is 0. The number of hydrogen-bond donors (Lipinski definition) is 3. The van der Waals surface area contributed by atoms with Crippen molar-refractivity contribution in [3.63, 3.8) is 0 Å². The van der Waals surface area contributed by atoms with Crippen molar-refractivity contribution in [1.82, 2.24) is 0 Å². The van der Waals surface area contributed by atoms with E-state index in [4.69, 9.17) is 15.9 Å². The van der Waals surface area contributed by atoms with Crippen molar-refractivity contribution in [1.29, 1.82) is 0 Å². The van der Waals surface area contributed by atoms with Crippen LogP contribution in [0.25, 0.3) is 0 Å². The Labute approximate surface area is 87.7 Å². The number of thioether (sulfide) groups is 1. The molecule has 0 fully saturated rings. The molecular formula is C8H17NO4S. The van der Waals surface area contributed by atoms with Gasteiger partial charge < -0.3 is 15.9 Å². The van der Waals surface area contributed by atoms with Crippen LogP contribution in [0.4, 0.5) is 0 Å². The van der Waals surface area contributed by atoms with E-state index < -0.39 is 18.0 Å². The molecule has 0 rings (SSSR count). The number of carbonyl (C=O) groups is 2. The molecule has 0 aliphatic rings. The summed E-state index contributed by atoms with van der Waals surface area (Å²) in [5.74, 6) is -0.845. The SMILES string of the molecule is CCC(=O)O.CSCCC(N)C(=O)O. The molecule has 6 heteroatoms. The molecule has 0 aromatic rings.